The van der Waals surface area contributed by atoms with Crippen LogP contribution in [-0.4, -0.2) is 40.0 Å². The molecule has 0 aliphatic heterocycles. The Morgan fingerprint density at radius 3 is 2.24 bits per heavy atom. The van der Waals surface area contributed by atoms with Crippen LogP contribution in [0.2, 0.25) is 0 Å². The van der Waals surface area contributed by atoms with E-state index in [-0.39, 0.29) is 0 Å². The van der Waals surface area contributed by atoms with Gasteiger partial charge >= 0.3 is 0 Å². The Bertz CT molecular complexity index is 288. The number of hydrogen-bond acceptors (Lipinski definition) is 3. The molecule has 0 radical (unpaired) electrons. The van der Waals surface area contributed by atoms with E-state index in [0.717, 1.165) is 26.3 Å². The van der Waals surface area contributed by atoms with E-state index in [1.54, 1.807) is 0 Å². The van der Waals surface area contributed by atoms with Gasteiger partial charge in [-0.05, 0) is 24.8 Å². The van der Waals surface area contributed by atoms with Gasteiger partial charge in [-0.3, -0.25) is 0 Å². The molecule has 0 spiro atoms. The van der Waals surface area contributed by atoms with Gasteiger partial charge in [0.05, 0.1) is 0 Å². The summed E-state index contributed by atoms with van der Waals surface area (Å²) in [6, 6.07) is 10.8. The molecule has 4 heteroatoms. The standard InChI is InChI=1S/C13H25N3Si/c1-4-14-12-15-17(16(5-2)6-3)13-10-8-7-9-11-13/h7-11,14-15,17H,4-6,12H2,1-3H3. The van der Waals surface area contributed by atoms with Gasteiger partial charge in [-0.2, -0.15) is 0 Å². The first kappa shape index (κ1) is 14.4. The van der Waals surface area contributed by atoms with Crippen LogP contribution in [0.4, 0.5) is 0 Å². The molecular formula is C13H25N3Si. The van der Waals surface area contributed by atoms with E-state index in [9.17, 15) is 0 Å². The third-order valence-corrected chi connectivity index (χ3v) is 6.03. The summed E-state index contributed by atoms with van der Waals surface area (Å²) in [5.41, 5.74) is 0. The molecule has 0 heterocycles. The quantitative estimate of drug-likeness (QED) is 0.403. The van der Waals surface area contributed by atoms with Crippen molar-refractivity contribution in [1.82, 2.24) is 14.9 Å². The van der Waals surface area contributed by atoms with Crippen LogP contribution < -0.4 is 15.5 Å². The zero-order chi connectivity index (χ0) is 12.5. The van der Waals surface area contributed by atoms with Crippen molar-refractivity contribution in [3.8, 4) is 0 Å². The smallest absolute Gasteiger partial charge is 0.221 e. The summed E-state index contributed by atoms with van der Waals surface area (Å²) < 4.78 is 2.56. The van der Waals surface area contributed by atoms with E-state index in [1.807, 2.05) is 0 Å². The molecule has 17 heavy (non-hydrogen) atoms. The molecule has 0 aromatic heterocycles. The fraction of sp³-hybridized carbons (Fsp3) is 0.538. The van der Waals surface area contributed by atoms with Crippen molar-refractivity contribution >= 4 is 14.3 Å². The van der Waals surface area contributed by atoms with Crippen LogP contribution in [0.5, 0.6) is 0 Å². The van der Waals surface area contributed by atoms with Gasteiger partial charge in [0.2, 0.25) is 9.12 Å². The Morgan fingerprint density at radius 2 is 1.71 bits per heavy atom. The van der Waals surface area contributed by atoms with Crippen LogP contribution in [0.3, 0.4) is 0 Å². The Kier molecular flexibility index (Phi) is 7.12. The summed E-state index contributed by atoms with van der Waals surface area (Å²) in [7, 11) is -1.22. The number of hydrogen-bond donors (Lipinski definition) is 2. The van der Waals surface area contributed by atoms with Crippen molar-refractivity contribution in [1.29, 1.82) is 0 Å². The molecule has 1 unspecified atom stereocenters. The van der Waals surface area contributed by atoms with E-state index in [1.165, 1.54) is 5.19 Å². The number of nitrogens with one attached hydrogen (secondary N) is 2. The van der Waals surface area contributed by atoms with E-state index < -0.39 is 9.12 Å². The summed E-state index contributed by atoms with van der Waals surface area (Å²) in [5, 5.41) is 4.82. The van der Waals surface area contributed by atoms with Crippen LogP contribution in [0.25, 0.3) is 0 Å². The summed E-state index contributed by atoms with van der Waals surface area (Å²) in [6.45, 7) is 10.8. The molecule has 96 valence electrons. The van der Waals surface area contributed by atoms with Crippen molar-refractivity contribution in [2.75, 3.05) is 26.3 Å². The van der Waals surface area contributed by atoms with Gasteiger partial charge in [-0.25, -0.2) is 0 Å². The second-order valence-electron chi connectivity index (χ2n) is 4.02. The van der Waals surface area contributed by atoms with Crippen LogP contribution in [0.15, 0.2) is 30.3 Å². The molecule has 1 aromatic carbocycles. The monoisotopic (exact) mass is 251 g/mol. The van der Waals surface area contributed by atoms with Gasteiger partial charge in [0.15, 0.2) is 0 Å². The van der Waals surface area contributed by atoms with Crippen molar-refractivity contribution in [3.05, 3.63) is 30.3 Å². The molecule has 2 N–H and O–H groups in total. The fourth-order valence-corrected chi connectivity index (χ4v) is 4.55. The van der Waals surface area contributed by atoms with Gasteiger partial charge in [0.25, 0.3) is 0 Å². The predicted molar refractivity (Wildman–Crippen MR) is 77.8 cm³/mol. The van der Waals surface area contributed by atoms with Crippen molar-refractivity contribution in [2.24, 2.45) is 0 Å². The molecule has 0 fully saturated rings. The lowest BCUT2D eigenvalue weighted by molar-refractivity contribution is 0.471. The highest BCUT2D eigenvalue weighted by Gasteiger charge is 2.19. The van der Waals surface area contributed by atoms with E-state index in [0.29, 0.717) is 0 Å². The van der Waals surface area contributed by atoms with Gasteiger partial charge in [-0.15, -0.1) is 0 Å². The van der Waals surface area contributed by atoms with E-state index in [2.05, 4.69) is 66.0 Å². The maximum atomic E-state index is 3.69. The molecule has 3 nitrogen and oxygen atoms in total. The maximum Gasteiger partial charge on any atom is 0.221 e. The molecule has 1 aromatic rings. The molecule has 1 rings (SSSR count). The summed E-state index contributed by atoms with van der Waals surface area (Å²) >= 11 is 0. The van der Waals surface area contributed by atoms with Crippen LogP contribution in [0, 0.1) is 0 Å². The molecule has 0 saturated heterocycles. The number of rotatable bonds is 8. The van der Waals surface area contributed by atoms with Crippen molar-refractivity contribution in [2.45, 2.75) is 20.8 Å². The first-order valence-corrected chi connectivity index (χ1v) is 8.23. The van der Waals surface area contributed by atoms with Gasteiger partial charge in [0, 0.05) is 6.67 Å². The predicted octanol–water partition coefficient (Wildman–Crippen LogP) is 0.613. The highest BCUT2D eigenvalue weighted by atomic mass is 28.3. The third kappa shape index (κ3) is 4.59. The Hall–Kier alpha value is -0.683. The first-order chi connectivity index (χ1) is 8.33. The Labute approximate surface area is 107 Å². The van der Waals surface area contributed by atoms with Gasteiger partial charge in [0.1, 0.15) is 0 Å². The minimum Gasteiger partial charge on any atom is -0.312 e. The zero-order valence-corrected chi connectivity index (χ0v) is 12.4. The molecule has 0 bridgehead atoms. The maximum absolute atomic E-state index is 3.69. The van der Waals surface area contributed by atoms with E-state index in [4.69, 9.17) is 0 Å². The normalized spacial score (nSPS) is 12.9. The minimum atomic E-state index is -1.22. The second kappa shape index (κ2) is 8.41. The average molecular weight is 251 g/mol. The largest absolute Gasteiger partial charge is 0.312 e. The lowest BCUT2D eigenvalue weighted by atomic mass is 10.4. The third-order valence-electron chi connectivity index (χ3n) is 2.96. The molecule has 0 aliphatic rings. The van der Waals surface area contributed by atoms with Crippen molar-refractivity contribution in [3.63, 3.8) is 0 Å². The summed E-state index contributed by atoms with van der Waals surface area (Å²) in [5.74, 6) is 0. The molecule has 0 saturated carbocycles. The topological polar surface area (TPSA) is 27.3 Å². The van der Waals surface area contributed by atoms with Crippen LogP contribution >= 0.6 is 0 Å². The minimum absolute atomic E-state index is 0.902. The zero-order valence-electron chi connectivity index (χ0n) is 11.2. The van der Waals surface area contributed by atoms with Crippen LogP contribution in [-0.2, 0) is 0 Å². The second-order valence-corrected chi connectivity index (χ2v) is 6.63. The summed E-state index contributed by atoms with van der Waals surface area (Å²) in [4.78, 5) is 3.69. The SMILES string of the molecule is CCNCN[SiH](c1ccccc1)N(CC)CC. The average Bonchev–Trinajstić information content (AvgIpc) is 2.39. The van der Waals surface area contributed by atoms with Crippen LogP contribution in [0.1, 0.15) is 20.8 Å². The lowest BCUT2D eigenvalue weighted by Crippen LogP contribution is -2.59. The summed E-state index contributed by atoms with van der Waals surface area (Å²) in [6.07, 6.45) is 0. The lowest BCUT2D eigenvalue weighted by Gasteiger charge is -2.29. The Balaban J connectivity index is 2.71. The van der Waals surface area contributed by atoms with Gasteiger partial charge < -0.3 is 14.9 Å². The highest BCUT2D eigenvalue weighted by Crippen LogP contribution is 1.94. The van der Waals surface area contributed by atoms with Gasteiger partial charge in [-0.1, -0.05) is 51.1 Å². The highest BCUT2D eigenvalue weighted by molar-refractivity contribution is 6.68. The fourth-order valence-electron chi connectivity index (χ4n) is 1.98. The molecule has 0 aliphatic carbocycles. The first-order valence-electron chi connectivity index (χ1n) is 6.56. The van der Waals surface area contributed by atoms with Crippen molar-refractivity contribution < 1.29 is 0 Å². The van der Waals surface area contributed by atoms with E-state index >= 15 is 0 Å². The Morgan fingerprint density at radius 1 is 1.06 bits per heavy atom. The molecule has 0 amide bonds. The number of nitrogens with zero attached hydrogens (tertiary/aromatic N) is 1. The molecule has 1 atom stereocenters. The number of benzene rings is 1. The molecular weight excluding hydrogens is 226 g/mol.